The van der Waals surface area contributed by atoms with Crippen LogP contribution in [0.5, 0.6) is 5.75 Å². The van der Waals surface area contributed by atoms with Gasteiger partial charge in [0.1, 0.15) is 0 Å². The van der Waals surface area contributed by atoms with Crippen LogP contribution in [0.25, 0.3) is 16.9 Å². The number of rotatable bonds is 7. The van der Waals surface area contributed by atoms with Gasteiger partial charge in [0.05, 0.1) is 11.9 Å². The molecule has 11 heteroatoms. The van der Waals surface area contributed by atoms with Crippen molar-refractivity contribution in [2.45, 2.75) is 32.4 Å². The first-order chi connectivity index (χ1) is 18.3. The molecule has 2 aromatic heterocycles. The Kier molecular flexibility index (Phi) is 7.19. The van der Waals surface area contributed by atoms with Crippen molar-refractivity contribution < 1.29 is 22.7 Å². The van der Waals surface area contributed by atoms with E-state index < -0.39 is 18.2 Å². The van der Waals surface area contributed by atoms with E-state index in [0.717, 1.165) is 49.3 Å². The van der Waals surface area contributed by atoms with Gasteiger partial charge in [-0.15, -0.1) is 0 Å². The highest BCUT2D eigenvalue weighted by Gasteiger charge is 2.24. The highest BCUT2D eigenvalue weighted by atomic mass is 19.3. The molecular weight excluding hydrogens is 497 g/mol. The van der Waals surface area contributed by atoms with Crippen molar-refractivity contribution >= 4 is 23.1 Å². The molecule has 2 aromatic carbocycles. The van der Waals surface area contributed by atoms with Gasteiger partial charge in [-0.1, -0.05) is 0 Å². The number of ether oxygens (including phenoxy) is 1. The number of nitrogens with one attached hydrogen (secondary N) is 2. The number of halogens is 3. The predicted octanol–water partition coefficient (Wildman–Crippen LogP) is 5.01. The molecule has 1 saturated heterocycles. The number of nitrogens with zero attached hydrogens (tertiary/aromatic N) is 4. The summed E-state index contributed by atoms with van der Waals surface area (Å²) in [7, 11) is 1.86. The van der Waals surface area contributed by atoms with E-state index in [4.69, 9.17) is 0 Å². The zero-order valence-electron chi connectivity index (χ0n) is 20.9. The maximum atomic E-state index is 14.3. The molecule has 38 heavy (non-hydrogen) atoms. The summed E-state index contributed by atoms with van der Waals surface area (Å²) in [5.74, 6) is -0.972. The molecule has 0 unspecified atom stereocenters. The van der Waals surface area contributed by atoms with Crippen LogP contribution in [-0.2, 0) is 0 Å². The number of imidazole rings is 1. The summed E-state index contributed by atoms with van der Waals surface area (Å²) >= 11 is 0. The molecule has 198 valence electrons. The summed E-state index contributed by atoms with van der Waals surface area (Å²) in [5, 5.41) is 6.57. The highest BCUT2D eigenvalue weighted by molar-refractivity contribution is 5.96. The lowest BCUT2D eigenvalue weighted by Gasteiger charge is -2.32. The topological polar surface area (TPSA) is 83.8 Å². The van der Waals surface area contributed by atoms with E-state index in [1.807, 2.05) is 31.0 Å². The first-order valence-electron chi connectivity index (χ1n) is 12.2. The van der Waals surface area contributed by atoms with Crippen LogP contribution in [0.3, 0.4) is 0 Å². The lowest BCUT2D eigenvalue weighted by molar-refractivity contribution is -0.0521. The van der Waals surface area contributed by atoms with Gasteiger partial charge in [0.15, 0.2) is 23.0 Å². The van der Waals surface area contributed by atoms with Gasteiger partial charge in [0.2, 0.25) is 0 Å². The molecule has 0 spiro atoms. The Labute approximate surface area is 217 Å². The van der Waals surface area contributed by atoms with E-state index in [-0.39, 0.29) is 11.9 Å². The number of carbonyl (C=O) groups excluding carboxylic acids is 1. The van der Waals surface area contributed by atoms with Crippen LogP contribution in [-0.4, -0.2) is 58.0 Å². The number of fused-ring (bicyclic) bond motifs is 1. The lowest BCUT2D eigenvalue weighted by atomic mass is 10.0. The third kappa shape index (κ3) is 5.14. The van der Waals surface area contributed by atoms with Crippen molar-refractivity contribution in [1.82, 2.24) is 24.6 Å². The van der Waals surface area contributed by atoms with Crippen molar-refractivity contribution in [1.29, 1.82) is 0 Å². The van der Waals surface area contributed by atoms with E-state index in [1.54, 1.807) is 29.1 Å². The number of aromatic nitrogens is 3. The second-order valence-corrected chi connectivity index (χ2v) is 9.19. The van der Waals surface area contributed by atoms with E-state index in [1.165, 1.54) is 6.07 Å². The summed E-state index contributed by atoms with van der Waals surface area (Å²) in [6.07, 6.45) is 6.67. The van der Waals surface area contributed by atoms with E-state index in [9.17, 15) is 18.0 Å². The minimum absolute atomic E-state index is 0.00345. The molecule has 0 bridgehead atoms. The molecule has 5 rings (SSSR count). The Morgan fingerprint density at radius 3 is 2.68 bits per heavy atom. The minimum Gasteiger partial charge on any atom is -0.432 e. The number of hydrogen-bond donors (Lipinski definition) is 2. The highest BCUT2D eigenvalue weighted by Crippen LogP contribution is 2.29. The van der Waals surface area contributed by atoms with E-state index >= 15 is 0 Å². The van der Waals surface area contributed by atoms with Crippen molar-refractivity contribution in [3.05, 3.63) is 71.9 Å². The first-order valence-corrected chi connectivity index (χ1v) is 12.2. The molecule has 3 heterocycles. The zero-order chi connectivity index (χ0) is 26.8. The Morgan fingerprint density at radius 1 is 1.18 bits per heavy atom. The normalized spacial score (nSPS) is 14.2. The smallest absolute Gasteiger partial charge is 0.387 e. The second-order valence-electron chi connectivity index (χ2n) is 9.19. The molecule has 1 amide bonds. The van der Waals surface area contributed by atoms with Crippen molar-refractivity contribution in [3.63, 3.8) is 0 Å². The van der Waals surface area contributed by atoms with Crippen LogP contribution in [0.4, 0.5) is 24.7 Å². The van der Waals surface area contributed by atoms with Gasteiger partial charge in [-0.25, -0.2) is 14.4 Å². The fraction of sp³-hybridized carbons (Fsp3) is 0.296. The van der Waals surface area contributed by atoms with Crippen LogP contribution in [0.2, 0.25) is 0 Å². The van der Waals surface area contributed by atoms with E-state index in [2.05, 4.69) is 25.3 Å². The summed E-state index contributed by atoms with van der Waals surface area (Å²) in [6.45, 7) is 0.598. The maximum absolute atomic E-state index is 14.3. The number of hydrogen-bond acceptors (Lipinski definition) is 6. The molecule has 0 atom stereocenters. The summed E-state index contributed by atoms with van der Waals surface area (Å²) < 4.78 is 45.2. The Bertz CT molecular complexity index is 1470. The maximum Gasteiger partial charge on any atom is 0.387 e. The Morgan fingerprint density at radius 2 is 1.97 bits per heavy atom. The molecule has 1 fully saturated rings. The zero-order valence-corrected chi connectivity index (χ0v) is 20.9. The summed E-state index contributed by atoms with van der Waals surface area (Å²) in [4.78, 5) is 23.8. The summed E-state index contributed by atoms with van der Waals surface area (Å²) in [6, 6.07) is 9.49. The molecule has 0 saturated carbocycles. The number of aryl methyl sites for hydroxylation is 1. The van der Waals surface area contributed by atoms with Crippen molar-refractivity contribution in [2.24, 2.45) is 0 Å². The van der Waals surface area contributed by atoms with Crippen LogP contribution in [0, 0.1) is 12.7 Å². The number of anilines is 2. The van der Waals surface area contributed by atoms with Gasteiger partial charge in [-0.05, 0) is 74.8 Å². The SMILES string of the molecule is Cc1cc(Nc2nccn3c(-c4ccc(OC(F)F)c(F)c4)cnc23)ccc1C(=O)N(C)C1CCNCC1. The molecule has 0 aliphatic carbocycles. The average molecular weight is 525 g/mol. The lowest BCUT2D eigenvalue weighted by Crippen LogP contribution is -2.44. The minimum atomic E-state index is -3.11. The molecular formula is C27H27F3N6O2. The number of carbonyl (C=O) groups is 1. The number of amides is 1. The average Bonchev–Trinajstić information content (AvgIpc) is 3.35. The quantitative estimate of drug-likeness (QED) is 0.354. The standard InChI is InChI=1S/C27H27F3N6O2/c1-16-13-18(4-5-20(16)26(37)35(2)19-7-9-31-10-8-19)34-24-25-33-15-22(36(25)12-11-32-24)17-3-6-23(21(28)14-17)38-27(29)30/h3-6,11-15,19,27,31H,7-10H2,1-2H3,(H,32,34). The van der Waals surface area contributed by atoms with Crippen LogP contribution < -0.4 is 15.4 Å². The van der Waals surface area contributed by atoms with Gasteiger partial charge >= 0.3 is 6.61 Å². The number of benzene rings is 2. The van der Waals surface area contributed by atoms with Gasteiger partial charge in [-0.2, -0.15) is 8.78 Å². The molecule has 1 aliphatic heterocycles. The predicted molar refractivity (Wildman–Crippen MR) is 137 cm³/mol. The number of alkyl halides is 2. The van der Waals surface area contributed by atoms with Gasteiger partial charge in [0.25, 0.3) is 5.91 Å². The molecule has 0 radical (unpaired) electrons. The fourth-order valence-corrected chi connectivity index (χ4v) is 4.74. The van der Waals surface area contributed by atoms with E-state index in [0.29, 0.717) is 28.3 Å². The van der Waals surface area contributed by atoms with Crippen LogP contribution in [0.15, 0.2) is 55.0 Å². The van der Waals surface area contributed by atoms with Gasteiger partial charge in [0, 0.05) is 42.3 Å². The largest absolute Gasteiger partial charge is 0.432 e. The number of piperidine rings is 1. The third-order valence-electron chi connectivity index (χ3n) is 6.77. The van der Waals surface area contributed by atoms with Crippen molar-refractivity contribution in [2.75, 3.05) is 25.5 Å². The van der Waals surface area contributed by atoms with Crippen LogP contribution in [0.1, 0.15) is 28.8 Å². The van der Waals surface area contributed by atoms with Gasteiger partial charge < -0.3 is 20.3 Å². The fourth-order valence-electron chi connectivity index (χ4n) is 4.74. The van der Waals surface area contributed by atoms with Crippen LogP contribution >= 0.6 is 0 Å². The second kappa shape index (κ2) is 10.7. The summed E-state index contributed by atoms with van der Waals surface area (Å²) in [5.41, 5.74) is 3.68. The molecule has 1 aliphatic rings. The molecule has 8 nitrogen and oxygen atoms in total. The Balaban J connectivity index is 1.37. The Hall–Kier alpha value is -4.12. The molecule has 4 aromatic rings. The van der Waals surface area contributed by atoms with Gasteiger partial charge in [-0.3, -0.25) is 9.20 Å². The van der Waals surface area contributed by atoms with Crippen molar-refractivity contribution in [3.8, 4) is 17.0 Å². The molecule has 2 N–H and O–H groups in total. The monoisotopic (exact) mass is 524 g/mol. The third-order valence-corrected chi connectivity index (χ3v) is 6.77. The first kappa shape index (κ1) is 25.5.